The molecule has 1 aromatic carbocycles. The Bertz CT molecular complexity index is 1690. The van der Waals surface area contributed by atoms with E-state index in [0.717, 1.165) is 64.0 Å². The van der Waals surface area contributed by atoms with Crippen molar-refractivity contribution in [2.45, 2.75) is 45.6 Å². The molecule has 0 saturated carbocycles. The third-order valence-corrected chi connectivity index (χ3v) is 8.81. The molecular weight excluding hydrogens is 506 g/mol. The first-order valence-corrected chi connectivity index (χ1v) is 14.2. The number of anilines is 2. The van der Waals surface area contributed by atoms with Crippen molar-refractivity contribution in [3.63, 3.8) is 0 Å². The Balaban J connectivity index is 1.41. The largest absolute Gasteiger partial charge is 0.352 e. The van der Waals surface area contributed by atoms with Gasteiger partial charge in [-0.3, -0.25) is 14.7 Å². The van der Waals surface area contributed by atoms with Crippen LogP contribution in [-0.4, -0.2) is 72.9 Å². The highest BCUT2D eigenvalue weighted by Crippen LogP contribution is 2.46. The molecule has 0 spiro atoms. The lowest BCUT2D eigenvalue weighted by Gasteiger charge is -2.46. The van der Waals surface area contributed by atoms with Crippen LogP contribution in [-0.2, 0) is 4.79 Å². The number of carbonyl (C=O) groups is 1. The molecule has 2 fully saturated rings. The number of rotatable bonds is 1. The van der Waals surface area contributed by atoms with Crippen molar-refractivity contribution in [1.82, 2.24) is 19.8 Å². The van der Waals surface area contributed by atoms with E-state index in [1.54, 1.807) is 0 Å². The molecule has 9 heteroatoms. The summed E-state index contributed by atoms with van der Waals surface area (Å²) >= 11 is 0. The van der Waals surface area contributed by atoms with Gasteiger partial charge in [-0.25, -0.2) is 9.98 Å². The van der Waals surface area contributed by atoms with Gasteiger partial charge in [0.25, 0.3) is 0 Å². The van der Waals surface area contributed by atoms with Crippen molar-refractivity contribution in [2.24, 2.45) is 4.99 Å². The minimum absolute atomic E-state index is 0.0767. The monoisotopic (exact) mass is 536 g/mol. The van der Waals surface area contributed by atoms with Gasteiger partial charge in [0, 0.05) is 43.4 Å². The molecule has 4 aliphatic rings. The maximum absolute atomic E-state index is 12.8. The summed E-state index contributed by atoms with van der Waals surface area (Å²) in [6.45, 7) is 12.2. The van der Waals surface area contributed by atoms with Gasteiger partial charge in [0.1, 0.15) is 27.3 Å². The average Bonchev–Trinajstić information content (AvgIpc) is 2.95. The first-order chi connectivity index (χ1) is 19.7. The topological polar surface area (TPSA) is 64.9 Å². The number of aryl methyl sites for hydroxylation is 2. The molecular formula is C32H30B2N6O. The van der Waals surface area contributed by atoms with E-state index in [1.165, 1.54) is 0 Å². The van der Waals surface area contributed by atoms with Crippen LogP contribution < -0.4 is 15.8 Å². The number of aromatic nitrogens is 2. The summed E-state index contributed by atoms with van der Waals surface area (Å²) in [6.07, 6.45) is 5.64. The quantitative estimate of drug-likeness (QED) is 0.354. The van der Waals surface area contributed by atoms with E-state index in [-0.39, 0.29) is 17.9 Å². The summed E-state index contributed by atoms with van der Waals surface area (Å²) in [5, 5.41) is 0. The van der Waals surface area contributed by atoms with E-state index in [2.05, 4.69) is 36.3 Å². The minimum atomic E-state index is 0.0767. The molecule has 1 amide bonds. The summed E-state index contributed by atoms with van der Waals surface area (Å²) in [5.41, 5.74) is 8.34. The fourth-order valence-electron chi connectivity index (χ4n) is 6.68. The van der Waals surface area contributed by atoms with E-state index in [1.807, 2.05) is 48.4 Å². The van der Waals surface area contributed by atoms with Crippen molar-refractivity contribution in [3.8, 4) is 11.3 Å². The van der Waals surface area contributed by atoms with E-state index >= 15 is 0 Å². The number of hydrogen-bond acceptors (Lipinski definition) is 6. The molecule has 0 aliphatic carbocycles. The summed E-state index contributed by atoms with van der Waals surface area (Å²) in [4.78, 5) is 34.5. The molecule has 2 atom stereocenters. The van der Waals surface area contributed by atoms with Crippen LogP contribution in [0.4, 0.5) is 11.5 Å². The van der Waals surface area contributed by atoms with Gasteiger partial charge in [-0.15, -0.1) is 0 Å². The Hall–Kier alpha value is -4.13. The number of nitrogens with zero attached hydrogens (tertiary/aromatic N) is 6. The number of amides is 1. The highest BCUT2D eigenvalue weighted by atomic mass is 16.2. The fourth-order valence-corrected chi connectivity index (χ4v) is 6.68. The SMILES string of the molecule is [B]c1cc2c(nc1-c1c([B])cccc1C)N1C(=CC(C)c3nccc(C)c31)N=C2N1CCN2C(=O)C(=C)CCC2C1. The zero-order valence-electron chi connectivity index (χ0n) is 23.7. The molecule has 200 valence electrons. The molecule has 3 aromatic rings. The second kappa shape index (κ2) is 9.47. The number of carbonyl (C=O) groups excluding carboxylic acids is 1. The van der Waals surface area contributed by atoms with Crippen LogP contribution in [0.15, 0.2) is 65.6 Å². The van der Waals surface area contributed by atoms with Crippen LogP contribution in [0, 0.1) is 13.8 Å². The molecule has 2 saturated heterocycles. The van der Waals surface area contributed by atoms with Crippen LogP contribution in [0.25, 0.3) is 11.3 Å². The summed E-state index contributed by atoms with van der Waals surface area (Å²) in [5.74, 6) is 2.57. The Kier molecular flexibility index (Phi) is 5.96. The van der Waals surface area contributed by atoms with Gasteiger partial charge < -0.3 is 9.80 Å². The zero-order valence-corrected chi connectivity index (χ0v) is 23.7. The molecule has 6 heterocycles. The number of aliphatic imine (C=N–C) groups is 1. The smallest absolute Gasteiger partial charge is 0.249 e. The van der Waals surface area contributed by atoms with Gasteiger partial charge in [-0.1, -0.05) is 48.7 Å². The number of fused-ring (bicyclic) bond motifs is 6. The number of hydrogen-bond donors (Lipinski definition) is 0. The van der Waals surface area contributed by atoms with Crippen LogP contribution >= 0.6 is 0 Å². The number of piperidine rings is 1. The molecule has 2 unspecified atom stereocenters. The predicted molar refractivity (Wildman–Crippen MR) is 165 cm³/mol. The molecule has 7 rings (SSSR count). The number of piperazine rings is 1. The highest BCUT2D eigenvalue weighted by molar-refractivity contribution is 6.40. The summed E-state index contributed by atoms with van der Waals surface area (Å²) in [6, 6.07) is 9.98. The predicted octanol–water partition coefficient (Wildman–Crippen LogP) is 3.07. The average molecular weight is 536 g/mol. The van der Waals surface area contributed by atoms with Crippen molar-refractivity contribution in [2.75, 3.05) is 24.5 Å². The van der Waals surface area contributed by atoms with Crippen LogP contribution in [0.5, 0.6) is 0 Å². The van der Waals surface area contributed by atoms with Crippen LogP contribution in [0.2, 0.25) is 0 Å². The fraction of sp³-hybridized carbons (Fsp3) is 0.312. The normalized spacial score (nSPS) is 21.5. The number of benzene rings is 1. The maximum Gasteiger partial charge on any atom is 0.249 e. The molecule has 2 aromatic heterocycles. The first-order valence-electron chi connectivity index (χ1n) is 14.2. The van der Waals surface area contributed by atoms with Gasteiger partial charge in [-0.05, 0) is 55.5 Å². The Morgan fingerprint density at radius 1 is 1.07 bits per heavy atom. The minimum Gasteiger partial charge on any atom is -0.352 e. The third kappa shape index (κ3) is 3.97. The van der Waals surface area contributed by atoms with E-state index < -0.39 is 0 Å². The van der Waals surface area contributed by atoms with Crippen LogP contribution in [0.3, 0.4) is 0 Å². The second-order valence-corrected chi connectivity index (χ2v) is 11.5. The third-order valence-electron chi connectivity index (χ3n) is 8.81. The Morgan fingerprint density at radius 3 is 2.71 bits per heavy atom. The van der Waals surface area contributed by atoms with Gasteiger partial charge in [0.05, 0.1) is 22.6 Å². The first kappa shape index (κ1) is 25.8. The van der Waals surface area contributed by atoms with Crippen molar-refractivity contribution in [3.05, 3.63) is 83.0 Å². The van der Waals surface area contributed by atoms with Crippen molar-refractivity contribution >= 4 is 49.9 Å². The maximum atomic E-state index is 12.8. The second-order valence-electron chi connectivity index (χ2n) is 11.5. The van der Waals surface area contributed by atoms with E-state index in [4.69, 9.17) is 30.7 Å². The molecule has 4 aliphatic heterocycles. The molecule has 4 radical (unpaired) electrons. The highest BCUT2D eigenvalue weighted by Gasteiger charge is 2.40. The Morgan fingerprint density at radius 2 is 1.90 bits per heavy atom. The molecule has 7 nitrogen and oxygen atoms in total. The van der Waals surface area contributed by atoms with Gasteiger partial charge in [-0.2, -0.15) is 0 Å². The van der Waals surface area contributed by atoms with Crippen molar-refractivity contribution in [1.29, 1.82) is 0 Å². The summed E-state index contributed by atoms with van der Waals surface area (Å²) in [7, 11) is 13.2. The van der Waals surface area contributed by atoms with Gasteiger partial charge in [0.15, 0.2) is 5.82 Å². The van der Waals surface area contributed by atoms with Gasteiger partial charge in [0.2, 0.25) is 5.91 Å². The van der Waals surface area contributed by atoms with E-state index in [0.29, 0.717) is 41.8 Å². The molecule has 0 bridgehead atoms. The lowest BCUT2D eigenvalue weighted by atomic mass is 9.81. The van der Waals surface area contributed by atoms with Crippen LogP contribution in [0.1, 0.15) is 48.1 Å². The summed E-state index contributed by atoms with van der Waals surface area (Å²) < 4.78 is 0. The Labute approximate surface area is 243 Å². The number of amidine groups is 1. The van der Waals surface area contributed by atoms with E-state index in [9.17, 15) is 4.79 Å². The zero-order chi connectivity index (χ0) is 28.6. The lowest BCUT2D eigenvalue weighted by Crippen LogP contribution is -2.59. The number of allylic oxidation sites excluding steroid dienone is 1. The van der Waals surface area contributed by atoms with Crippen molar-refractivity contribution < 1.29 is 4.79 Å². The van der Waals surface area contributed by atoms with Gasteiger partial charge >= 0.3 is 0 Å². The number of pyridine rings is 2. The lowest BCUT2D eigenvalue weighted by molar-refractivity contribution is -0.133. The standard InChI is InChI=1S/C32H30B2N6O/c1-17-6-5-7-23(33)26(17)28-24(34)15-22-30(38-12-13-39-21(16-38)9-8-19(3)32(39)41)36-25-14-20(4)27-29(18(2)10-11-35-27)40(25)31(22)37-28/h5-7,10-11,14-15,20-21H,3,8-9,12-13,16H2,1-2,4H3. The molecule has 41 heavy (non-hydrogen) atoms. The molecule has 0 N–H and O–H groups in total.